The van der Waals surface area contributed by atoms with Gasteiger partial charge in [0.05, 0.1) is 16.3 Å². The van der Waals surface area contributed by atoms with E-state index in [1.54, 1.807) is 0 Å². The maximum atomic E-state index is 12.1. The van der Waals surface area contributed by atoms with Crippen molar-refractivity contribution in [1.82, 2.24) is 4.72 Å². The van der Waals surface area contributed by atoms with Gasteiger partial charge in [0.1, 0.15) is 0 Å². The summed E-state index contributed by atoms with van der Waals surface area (Å²) in [6, 6.07) is 0. The van der Waals surface area contributed by atoms with Gasteiger partial charge in [-0.2, -0.15) is 0 Å². The Hall–Kier alpha value is -0.200. The van der Waals surface area contributed by atoms with E-state index in [1.807, 2.05) is 13.8 Å². The first kappa shape index (κ1) is 15.9. The SMILES string of the molecule is CC(C)CS(=O)(=O)NC1(C(N)=S)CCC(C)CC1. The van der Waals surface area contributed by atoms with Gasteiger partial charge in [0.15, 0.2) is 0 Å². The summed E-state index contributed by atoms with van der Waals surface area (Å²) < 4.78 is 26.9. The summed E-state index contributed by atoms with van der Waals surface area (Å²) in [6.07, 6.45) is 3.34. The zero-order valence-corrected chi connectivity index (χ0v) is 13.0. The summed E-state index contributed by atoms with van der Waals surface area (Å²) in [5, 5.41) is 0. The first-order valence-corrected chi connectivity index (χ1v) is 8.54. The summed E-state index contributed by atoms with van der Waals surface area (Å²) in [7, 11) is -3.32. The monoisotopic (exact) mass is 292 g/mol. The Morgan fingerprint density at radius 1 is 1.44 bits per heavy atom. The summed E-state index contributed by atoms with van der Waals surface area (Å²) in [5.41, 5.74) is 5.09. The second-order valence-corrected chi connectivity index (χ2v) is 8.11. The minimum absolute atomic E-state index is 0.0911. The van der Waals surface area contributed by atoms with Gasteiger partial charge in [-0.05, 0) is 37.5 Å². The molecule has 1 aliphatic rings. The van der Waals surface area contributed by atoms with Crippen LogP contribution in [0, 0.1) is 11.8 Å². The van der Waals surface area contributed by atoms with Crippen molar-refractivity contribution < 1.29 is 8.42 Å². The van der Waals surface area contributed by atoms with Gasteiger partial charge in [0.25, 0.3) is 0 Å². The molecule has 0 radical (unpaired) electrons. The van der Waals surface area contributed by atoms with Crippen molar-refractivity contribution in [2.75, 3.05) is 5.75 Å². The maximum Gasteiger partial charge on any atom is 0.212 e. The van der Waals surface area contributed by atoms with Crippen molar-refractivity contribution in [2.45, 2.75) is 52.0 Å². The van der Waals surface area contributed by atoms with E-state index in [0.29, 0.717) is 18.8 Å². The quantitative estimate of drug-likeness (QED) is 0.758. The third-order valence-electron chi connectivity index (χ3n) is 3.50. The lowest BCUT2D eigenvalue weighted by atomic mass is 9.78. The third kappa shape index (κ3) is 4.17. The van der Waals surface area contributed by atoms with Crippen LogP contribution in [0.15, 0.2) is 0 Å². The van der Waals surface area contributed by atoms with E-state index in [0.717, 1.165) is 12.8 Å². The Labute approximate surface area is 116 Å². The van der Waals surface area contributed by atoms with Crippen molar-refractivity contribution in [2.24, 2.45) is 17.6 Å². The predicted octanol–water partition coefficient (Wildman–Crippen LogP) is 1.80. The fourth-order valence-corrected chi connectivity index (χ4v) is 4.62. The van der Waals surface area contributed by atoms with Crippen LogP contribution in [0.2, 0.25) is 0 Å². The highest BCUT2D eigenvalue weighted by Crippen LogP contribution is 2.33. The number of rotatable bonds is 5. The maximum absolute atomic E-state index is 12.1. The predicted molar refractivity (Wildman–Crippen MR) is 78.9 cm³/mol. The smallest absolute Gasteiger partial charge is 0.212 e. The van der Waals surface area contributed by atoms with Gasteiger partial charge >= 0.3 is 0 Å². The molecule has 0 bridgehead atoms. The van der Waals surface area contributed by atoms with E-state index in [-0.39, 0.29) is 16.7 Å². The van der Waals surface area contributed by atoms with E-state index < -0.39 is 15.6 Å². The third-order valence-corrected chi connectivity index (χ3v) is 5.70. The molecule has 106 valence electrons. The molecule has 1 fully saturated rings. The zero-order valence-electron chi connectivity index (χ0n) is 11.4. The largest absolute Gasteiger partial charge is 0.392 e. The minimum Gasteiger partial charge on any atom is -0.392 e. The Kier molecular flexibility index (Phi) is 5.14. The Morgan fingerprint density at radius 2 is 1.94 bits per heavy atom. The average Bonchev–Trinajstić information content (AvgIpc) is 2.19. The number of nitrogens with one attached hydrogen (secondary N) is 1. The summed E-state index contributed by atoms with van der Waals surface area (Å²) in [6.45, 7) is 5.94. The molecule has 0 aromatic carbocycles. The highest BCUT2D eigenvalue weighted by atomic mass is 32.2. The lowest BCUT2D eigenvalue weighted by Crippen LogP contribution is -2.58. The molecule has 0 aromatic rings. The molecule has 0 heterocycles. The molecule has 6 heteroatoms. The van der Waals surface area contributed by atoms with Crippen molar-refractivity contribution in [1.29, 1.82) is 0 Å². The molecule has 1 rings (SSSR count). The van der Waals surface area contributed by atoms with E-state index in [1.165, 1.54) is 0 Å². The van der Waals surface area contributed by atoms with Gasteiger partial charge in [-0.15, -0.1) is 0 Å². The van der Waals surface area contributed by atoms with E-state index in [9.17, 15) is 8.42 Å². The summed E-state index contributed by atoms with van der Waals surface area (Å²) >= 11 is 5.10. The van der Waals surface area contributed by atoms with Crippen molar-refractivity contribution in [3.63, 3.8) is 0 Å². The molecule has 4 nitrogen and oxygen atoms in total. The van der Waals surface area contributed by atoms with Crippen LogP contribution in [0.4, 0.5) is 0 Å². The Morgan fingerprint density at radius 3 is 2.33 bits per heavy atom. The molecule has 0 aliphatic heterocycles. The van der Waals surface area contributed by atoms with Crippen LogP contribution < -0.4 is 10.5 Å². The molecule has 3 N–H and O–H groups in total. The highest BCUT2D eigenvalue weighted by molar-refractivity contribution is 7.89. The lowest BCUT2D eigenvalue weighted by molar-refractivity contribution is 0.289. The van der Waals surface area contributed by atoms with E-state index >= 15 is 0 Å². The molecule has 1 aliphatic carbocycles. The van der Waals surface area contributed by atoms with Gasteiger partial charge in [-0.1, -0.05) is 33.0 Å². The molecule has 0 atom stereocenters. The first-order chi connectivity index (χ1) is 8.17. The van der Waals surface area contributed by atoms with Gasteiger partial charge in [0.2, 0.25) is 10.0 Å². The fourth-order valence-electron chi connectivity index (χ4n) is 2.43. The number of hydrogen-bond acceptors (Lipinski definition) is 3. The van der Waals surface area contributed by atoms with Gasteiger partial charge < -0.3 is 5.73 Å². The molecule has 18 heavy (non-hydrogen) atoms. The normalized spacial score (nSPS) is 29.4. The summed E-state index contributed by atoms with van der Waals surface area (Å²) in [4.78, 5) is 0.279. The minimum atomic E-state index is -3.32. The average molecular weight is 292 g/mol. The second-order valence-electron chi connectivity index (χ2n) is 5.91. The topological polar surface area (TPSA) is 72.2 Å². The molecule has 0 amide bonds. The van der Waals surface area contributed by atoms with E-state index in [4.69, 9.17) is 18.0 Å². The van der Waals surface area contributed by atoms with Crippen molar-refractivity contribution in [3.05, 3.63) is 0 Å². The molecule has 0 spiro atoms. The van der Waals surface area contributed by atoms with Crippen LogP contribution in [-0.4, -0.2) is 24.7 Å². The molecular formula is C12H24N2O2S2. The summed E-state index contributed by atoms with van der Waals surface area (Å²) in [5.74, 6) is 0.822. The van der Waals surface area contributed by atoms with Crippen LogP contribution in [0.1, 0.15) is 46.5 Å². The van der Waals surface area contributed by atoms with E-state index in [2.05, 4.69) is 11.6 Å². The van der Waals surface area contributed by atoms with Crippen LogP contribution in [-0.2, 0) is 10.0 Å². The second kappa shape index (κ2) is 5.84. The number of sulfonamides is 1. The molecule has 0 saturated heterocycles. The van der Waals surface area contributed by atoms with Gasteiger partial charge in [-0.25, -0.2) is 13.1 Å². The number of hydrogen-bond donors (Lipinski definition) is 2. The standard InChI is InChI=1S/C12H24N2O2S2/c1-9(2)8-18(15,16)14-12(11(13)17)6-4-10(3)5-7-12/h9-10,14H,4-8H2,1-3H3,(H2,13,17). The molecular weight excluding hydrogens is 268 g/mol. The number of nitrogens with two attached hydrogens (primary N) is 1. The Balaban J connectivity index is 2.85. The van der Waals surface area contributed by atoms with Gasteiger partial charge in [0, 0.05) is 0 Å². The highest BCUT2D eigenvalue weighted by Gasteiger charge is 2.40. The van der Waals surface area contributed by atoms with Gasteiger partial charge in [-0.3, -0.25) is 0 Å². The van der Waals surface area contributed by atoms with Crippen molar-refractivity contribution >= 4 is 27.2 Å². The first-order valence-electron chi connectivity index (χ1n) is 6.48. The lowest BCUT2D eigenvalue weighted by Gasteiger charge is -2.39. The zero-order chi connectivity index (χ0) is 14.0. The number of thiocarbonyl (C=S) groups is 1. The fraction of sp³-hybridized carbons (Fsp3) is 0.917. The molecule has 1 saturated carbocycles. The van der Waals surface area contributed by atoms with Crippen molar-refractivity contribution in [3.8, 4) is 0 Å². The van der Waals surface area contributed by atoms with Crippen LogP contribution in [0.5, 0.6) is 0 Å². The molecule has 0 unspecified atom stereocenters. The van der Waals surface area contributed by atoms with Crippen LogP contribution in [0.3, 0.4) is 0 Å². The Bertz CT molecular complexity index is 396. The van der Waals surface area contributed by atoms with Crippen LogP contribution in [0.25, 0.3) is 0 Å². The molecule has 0 aromatic heterocycles. The van der Waals surface area contributed by atoms with Crippen LogP contribution >= 0.6 is 12.2 Å².